The third-order valence-corrected chi connectivity index (χ3v) is 4.98. The summed E-state index contributed by atoms with van der Waals surface area (Å²) >= 11 is 0. The van der Waals surface area contributed by atoms with E-state index in [4.69, 9.17) is 4.74 Å². The molecule has 0 bridgehead atoms. The fourth-order valence-electron chi connectivity index (χ4n) is 3.44. The average molecular weight is 433 g/mol. The van der Waals surface area contributed by atoms with Crippen LogP contribution >= 0.6 is 0 Å². The van der Waals surface area contributed by atoms with Crippen molar-refractivity contribution in [1.29, 1.82) is 0 Å². The Balaban J connectivity index is 1.59. The lowest BCUT2D eigenvalue weighted by Crippen LogP contribution is -2.47. The van der Waals surface area contributed by atoms with Gasteiger partial charge in [-0.2, -0.15) is 13.2 Å². The van der Waals surface area contributed by atoms with E-state index in [1.807, 2.05) is 4.90 Å². The minimum Gasteiger partial charge on any atom is -0.494 e. The van der Waals surface area contributed by atoms with Crippen molar-refractivity contribution in [2.75, 3.05) is 43.1 Å². The van der Waals surface area contributed by atoms with Crippen molar-refractivity contribution in [1.82, 2.24) is 15.0 Å². The van der Waals surface area contributed by atoms with Crippen LogP contribution in [0.25, 0.3) is 11.5 Å². The predicted octanol–water partition coefficient (Wildman–Crippen LogP) is 4.03. The van der Waals surface area contributed by atoms with Crippen LogP contribution in [-0.2, 0) is 6.18 Å². The fraction of sp³-hybridized carbons (Fsp3) is 0.286. The molecule has 31 heavy (non-hydrogen) atoms. The topological polar surface area (TPSA) is 54.4 Å². The predicted molar refractivity (Wildman–Crippen MR) is 108 cm³/mol. The summed E-state index contributed by atoms with van der Waals surface area (Å²) in [6.45, 7) is 1.87. The first-order chi connectivity index (χ1) is 14.8. The van der Waals surface area contributed by atoms with Crippen molar-refractivity contribution in [3.63, 3.8) is 0 Å². The number of aromatic nitrogens is 3. The molecule has 0 spiro atoms. The largest absolute Gasteiger partial charge is 0.494 e. The summed E-state index contributed by atoms with van der Waals surface area (Å²) in [7, 11) is 1.47. The summed E-state index contributed by atoms with van der Waals surface area (Å²) in [5.41, 5.74) is -0.0123. The normalized spacial score (nSPS) is 14.6. The molecule has 1 aliphatic heterocycles. The number of nitrogens with zero attached hydrogens (tertiary/aromatic N) is 5. The number of rotatable bonds is 4. The molecule has 0 radical (unpaired) electrons. The van der Waals surface area contributed by atoms with Crippen LogP contribution in [0.2, 0.25) is 0 Å². The van der Waals surface area contributed by atoms with E-state index in [1.165, 1.54) is 25.4 Å². The molecule has 10 heteroatoms. The smallest absolute Gasteiger partial charge is 0.433 e. The molecule has 0 unspecified atom stereocenters. The van der Waals surface area contributed by atoms with Crippen molar-refractivity contribution in [3.8, 4) is 17.3 Å². The van der Waals surface area contributed by atoms with E-state index in [1.54, 1.807) is 29.2 Å². The van der Waals surface area contributed by atoms with Gasteiger partial charge in [0.05, 0.1) is 12.8 Å². The van der Waals surface area contributed by atoms with Gasteiger partial charge in [0, 0.05) is 44.5 Å². The number of halogens is 4. The van der Waals surface area contributed by atoms with E-state index < -0.39 is 17.7 Å². The maximum absolute atomic E-state index is 13.5. The third kappa shape index (κ3) is 4.52. The Bertz CT molecular complexity index is 1050. The molecule has 1 fully saturated rings. The number of hydrogen-bond acceptors (Lipinski definition) is 6. The molecule has 2 aromatic heterocycles. The van der Waals surface area contributed by atoms with E-state index in [0.29, 0.717) is 31.9 Å². The van der Waals surface area contributed by atoms with Gasteiger partial charge in [-0.1, -0.05) is 6.07 Å². The summed E-state index contributed by atoms with van der Waals surface area (Å²) in [5, 5.41) is 0. The highest BCUT2D eigenvalue weighted by molar-refractivity contribution is 5.60. The highest BCUT2D eigenvalue weighted by Crippen LogP contribution is 2.33. The third-order valence-electron chi connectivity index (χ3n) is 4.98. The Kier molecular flexibility index (Phi) is 5.62. The molecular formula is C21H19F4N5O. The maximum Gasteiger partial charge on any atom is 0.433 e. The number of benzene rings is 1. The van der Waals surface area contributed by atoms with Crippen LogP contribution in [0.3, 0.4) is 0 Å². The number of ether oxygens (including phenoxy) is 1. The summed E-state index contributed by atoms with van der Waals surface area (Å²) in [5.74, 6) is 0.121. The molecule has 1 aliphatic rings. The zero-order valence-corrected chi connectivity index (χ0v) is 16.6. The van der Waals surface area contributed by atoms with Crippen LogP contribution in [0, 0.1) is 5.82 Å². The molecule has 4 rings (SSSR count). The van der Waals surface area contributed by atoms with Crippen LogP contribution in [0.4, 0.5) is 29.1 Å². The first-order valence-corrected chi connectivity index (χ1v) is 9.56. The van der Waals surface area contributed by atoms with Crippen molar-refractivity contribution in [3.05, 3.63) is 60.2 Å². The number of alkyl halides is 3. The first-order valence-electron chi connectivity index (χ1n) is 9.56. The van der Waals surface area contributed by atoms with E-state index in [-0.39, 0.29) is 17.3 Å². The fourth-order valence-corrected chi connectivity index (χ4v) is 3.44. The molecule has 1 saturated heterocycles. The molecule has 0 saturated carbocycles. The lowest BCUT2D eigenvalue weighted by atomic mass is 10.2. The number of pyridine rings is 1. The van der Waals surface area contributed by atoms with Crippen molar-refractivity contribution < 1.29 is 22.3 Å². The van der Waals surface area contributed by atoms with Gasteiger partial charge in [-0.15, -0.1) is 0 Å². The second-order valence-electron chi connectivity index (χ2n) is 6.94. The highest BCUT2D eigenvalue weighted by atomic mass is 19.4. The van der Waals surface area contributed by atoms with Crippen LogP contribution in [0.5, 0.6) is 5.75 Å². The Labute approximate surface area is 176 Å². The molecule has 6 nitrogen and oxygen atoms in total. The Morgan fingerprint density at radius 3 is 2.32 bits per heavy atom. The van der Waals surface area contributed by atoms with E-state index in [2.05, 4.69) is 15.0 Å². The highest BCUT2D eigenvalue weighted by Gasteiger charge is 2.35. The standard InChI is InChI=1S/C21H19F4N5O/c1-31-17-12-14(22)5-6-16(17)29-8-10-30(11-9-29)19-13-18(21(23,24)25)27-20(28-19)15-4-2-3-7-26-15/h2-7,12-13H,8-11H2,1H3. The summed E-state index contributed by atoms with van der Waals surface area (Å²) in [6.07, 6.45) is -3.13. The molecule has 0 N–H and O–H groups in total. The van der Waals surface area contributed by atoms with E-state index in [0.717, 1.165) is 11.8 Å². The van der Waals surface area contributed by atoms with E-state index in [9.17, 15) is 17.6 Å². The molecule has 0 aliphatic carbocycles. The van der Waals surface area contributed by atoms with Gasteiger partial charge in [0.25, 0.3) is 0 Å². The minimum atomic E-state index is -4.61. The number of methoxy groups -OCH3 is 1. The van der Waals surface area contributed by atoms with Gasteiger partial charge >= 0.3 is 6.18 Å². The first kappa shape index (κ1) is 20.8. The van der Waals surface area contributed by atoms with Gasteiger partial charge in [-0.05, 0) is 24.3 Å². The Hall–Kier alpha value is -3.43. The van der Waals surface area contributed by atoms with Gasteiger partial charge in [-0.3, -0.25) is 4.98 Å². The second kappa shape index (κ2) is 8.37. The minimum absolute atomic E-state index is 0.0759. The van der Waals surface area contributed by atoms with Gasteiger partial charge in [0.1, 0.15) is 23.1 Å². The Morgan fingerprint density at radius 1 is 0.935 bits per heavy atom. The summed E-state index contributed by atoms with van der Waals surface area (Å²) < 4.78 is 59.1. The monoisotopic (exact) mass is 433 g/mol. The lowest BCUT2D eigenvalue weighted by Gasteiger charge is -2.37. The van der Waals surface area contributed by atoms with E-state index >= 15 is 0 Å². The van der Waals surface area contributed by atoms with Crippen LogP contribution < -0.4 is 14.5 Å². The van der Waals surface area contributed by atoms with Crippen molar-refractivity contribution in [2.45, 2.75) is 6.18 Å². The molecular weight excluding hydrogens is 414 g/mol. The van der Waals surface area contributed by atoms with Crippen molar-refractivity contribution in [2.24, 2.45) is 0 Å². The Morgan fingerprint density at radius 2 is 1.68 bits per heavy atom. The molecule has 162 valence electrons. The van der Waals surface area contributed by atoms with Crippen LogP contribution in [0.15, 0.2) is 48.7 Å². The molecule has 3 aromatic rings. The maximum atomic E-state index is 13.5. The number of anilines is 2. The second-order valence-corrected chi connectivity index (χ2v) is 6.94. The molecule has 0 amide bonds. The molecule has 3 heterocycles. The van der Waals surface area contributed by atoms with Gasteiger partial charge in [-0.25, -0.2) is 14.4 Å². The van der Waals surface area contributed by atoms with Crippen LogP contribution in [-0.4, -0.2) is 48.2 Å². The van der Waals surface area contributed by atoms with Crippen LogP contribution in [0.1, 0.15) is 5.69 Å². The van der Waals surface area contributed by atoms with Gasteiger partial charge in [0.15, 0.2) is 11.5 Å². The molecule has 1 aromatic carbocycles. The summed E-state index contributed by atoms with van der Waals surface area (Å²) in [4.78, 5) is 15.9. The quantitative estimate of drug-likeness (QED) is 0.579. The lowest BCUT2D eigenvalue weighted by molar-refractivity contribution is -0.141. The van der Waals surface area contributed by atoms with Crippen molar-refractivity contribution >= 4 is 11.5 Å². The van der Waals surface area contributed by atoms with Gasteiger partial charge < -0.3 is 14.5 Å². The number of hydrogen-bond donors (Lipinski definition) is 0. The summed E-state index contributed by atoms with van der Waals surface area (Å²) in [6, 6.07) is 10.2. The number of piperazine rings is 1. The average Bonchev–Trinajstić information content (AvgIpc) is 2.79. The zero-order valence-electron chi connectivity index (χ0n) is 16.6. The van der Waals surface area contributed by atoms with Gasteiger partial charge in [0.2, 0.25) is 0 Å². The zero-order chi connectivity index (χ0) is 22.0. The molecule has 0 atom stereocenters. The SMILES string of the molecule is COc1cc(F)ccc1N1CCN(c2cc(C(F)(F)F)nc(-c3ccccn3)n2)CC1.